The third-order valence-corrected chi connectivity index (χ3v) is 4.49. The van der Waals surface area contributed by atoms with E-state index in [2.05, 4.69) is 17.6 Å². The van der Waals surface area contributed by atoms with E-state index in [9.17, 15) is 4.79 Å². The number of rotatable bonds is 8. The fraction of sp³-hybridized carbons (Fsp3) is 0.611. The number of hydrogen-bond donors (Lipinski definition) is 2. The molecular weight excluding hydrogens is 328 g/mol. The summed E-state index contributed by atoms with van der Waals surface area (Å²) in [5.41, 5.74) is 1.16. The van der Waals surface area contributed by atoms with Crippen LogP contribution in [0, 0.1) is 5.41 Å². The number of halogens is 1. The SMILES string of the molecule is CCc1ccccc1OCC(=O)NCC1(COC)CCNCC1.Cl. The summed E-state index contributed by atoms with van der Waals surface area (Å²) < 4.78 is 11.0. The van der Waals surface area contributed by atoms with Crippen LogP contribution in [-0.4, -0.2) is 45.9 Å². The van der Waals surface area contributed by atoms with Crippen LogP contribution in [0.5, 0.6) is 5.75 Å². The molecule has 1 heterocycles. The lowest BCUT2D eigenvalue weighted by molar-refractivity contribution is -0.124. The fourth-order valence-electron chi connectivity index (χ4n) is 3.05. The van der Waals surface area contributed by atoms with Crippen LogP contribution in [0.25, 0.3) is 0 Å². The molecule has 0 radical (unpaired) electrons. The fourth-order valence-corrected chi connectivity index (χ4v) is 3.05. The van der Waals surface area contributed by atoms with Gasteiger partial charge >= 0.3 is 0 Å². The number of methoxy groups -OCH3 is 1. The highest BCUT2D eigenvalue weighted by molar-refractivity contribution is 5.85. The van der Waals surface area contributed by atoms with Gasteiger partial charge < -0.3 is 20.1 Å². The number of carbonyl (C=O) groups excluding carboxylic acids is 1. The number of para-hydroxylation sites is 1. The molecule has 2 N–H and O–H groups in total. The van der Waals surface area contributed by atoms with E-state index in [0.29, 0.717) is 13.2 Å². The molecule has 0 aliphatic carbocycles. The number of nitrogens with one attached hydrogen (secondary N) is 2. The first-order valence-electron chi connectivity index (χ1n) is 8.36. The number of benzene rings is 1. The van der Waals surface area contributed by atoms with Crippen molar-refractivity contribution in [2.75, 3.05) is 40.0 Å². The summed E-state index contributed by atoms with van der Waals surface area (Å²) in [4.78, 5) is 12.1. The molecule has 0 atom stereocenters. The van der Waals surface area contributed by atoms with Gasteiger partial charge in [0.15, 0.2) is 6.61 Å². The second-order valence-electron chi connectivity index (χ2n) is 6.21. The van der Waals surface area contributed by atoms with Gasteiger partial charge in [0.1, 0.15) is 5.75 Å². The monoisotopic (exact) mass is 356 g/mol. The first kappa shape index (κ1) is 20.7. The smallest absolute Gasteiger partial charge is 0.257 e. The maximum Gasteiger partial charge on any atom is 0.257 e. The van der Waals surface area contributed by atoms with E-state index in [1.807, 2.05) is 24.3 Å². The van der Waals surface area contributed by atoms with Crippen molar-refractivity contribution in [1.82, 2.24) is 10.6 Å². The van der Waals surface area contributed by atoms with Crippen molar-refractivity contribution >= 4 is 18.3 Å². The molecule has 0 aromatic heterocycles. The Morgan fingerprint density at radius 2 is 2.00 bits per heavy atom. The maximum atomic E-state index is 12.1. The molecule has 0 unspecified atom stereocenters. The zero-order valence-electron chi connectivity index (χ0n) is 14.6. The quantitative estimate of drug-likeness (QED) is 0.749. The van der Waals surface area contributed by atoms with E-state index in [-0.39, 0.29) is 30.3 Å². The highest BCUT2D eigenvalue weighted by atomic mass is 35.5. The van der Waals surface area contributed by atoms with E-state index in [0.717, 1.165) is 43.7 Å². The lowest BCUT2D eigenvalue weighted by Crippen LogP contribution is -2.47. The molecule has 0 bridgehead atoms. The third-order valence-electron chi connectivity index (χ3n) is 4.49. The topological polar surface area (TPSA) is 59.6 Å². The van der Waals surface area contributed by atoms with E-state index in [4.69, 9.17) is 9.47 Å². The van der Waals surface area contributed by atoms with Gasteiger partial charge in [0.25, 0.3) is 5.91 Å². The Bertz CT molecular complexity index is 499. The van der Waals surface area contributed by atoms with Gasteiger partial charge in [0.2, 0.25) is 0 Å². The van der Waals surface area contributed by atoms with Crippen molar-refractivity contribution in [3.8, 4) is 5.75 Å². The zero-order valence-corrected chi connectivity index (χ0v) is 15.4. The highest BCUT2D eigenvalue weighted by Crippen LogP contribution is 2.28. The summed E-state index contributed by atoms with van der Waals surface area (Å²) >= 11 is 0. The maximum absolute atomic E-state index is 12.1. The molecule has 1 saturated heterocycles. The Morgan fingerprint density at radius 1 is 1.29 bits per heavy atom. The summed E-state index contributed by atoms with van der Waals surface area (Å²) in [7, 11) is 1.72. The molecule has 0 spiro atoms. The van der Waals surface area contributed by atoms with E-state index >= 15 is 0 Å². The van der Waals surface area contributed by atoms with Crippen LogP contribution in [0.1, 0.15) is 25.3 Å². The molecule has 1 fully saturated rings. The standard InChI is InChI=1S/C18H28N2O3.ClH/c1-3-15-6-4-5-7-16(15)23-12-17(21)20-13-18(14-22-2)8-10-19-11-9-18;/h4-7,19H,3,8-14H2,1-2H3,(H,20,21);1H. The van der Waals surface area contributed by atoms with Gasteiger partial charge in [0, 0.05) is 19.1 Å². The highest BCUT2D eigenvalue weighted by Gasteiger charge is 2.32. The van der Waals surface area contributed by atoms with Crippen LogP contribution in [-0.2, 0) is 16.0 Å². The average Bonchev–Trinajstić information content (AvgIpc) is 2.59. The summed E-state index contributed by atoms with van der Waals surface area (Å²) in [6.07, 6.45) is 2.92. The van der Waals surface area contributed by atoms with Crippen molar-refractivity contribution in [1.29, 1.82) is 0 Å². The van der Waals surface area contributed by atoms with Gasteiger partial charge in [-0.3, -0.25) is 4.79 Å². The van der Waals surface area contributed by atoms with Crippen LogP contribution in [0.4, 0.5) is 0 Å². The third kappa shape index (κ3) is 5.96. The van der Waals surface area contributed by atoms with Gasteiger partial charge in [-0.2, -0.15) is 0 Å². The predicted octanol–water partition coefficient (Wildman–Crippen LogP) is 2.18. The lowest BCUT2D eigenvalue weighted by atomic mass is 9.79. The Labute approximate surface area is 150 Å². The second-order valence-corrected chi connectivity index (χ2v) is 6.21. The van der Waals surface area contributed by atoms with Crippen LogP contribution < -0.4 is 15.4 Å². The van der Waals surface area contributed by atoms with Crippen molar-refractivity contribution in [2.45, 2.75) is 26.2 Å². The first-order valence-corrected chi connectivity index (χ1v) is 8.36. The largest absolute Gasteiger partial charge is 0.483 e. The van der Waals surface area contributed by atoms with Crippen molar-refractivity contribution in [2.24, 2.45) is 5.41 Å². The van der Waals surface area contributed by atoms with Crippen LogP contribution in [0.2, 0.25) is 0 Å². The summed E-state index contributed by atoms with van der Waals surface area (Å²) in [6, 6.07) is 7.84. The van der Waals surface area contributed by atoms with Crippen LogP contribution in [0.15, 0.2) is 24.3 Å². The molecule has 2 rings (SSSR count). The summed E-state index contributed by atoms with van der Waals surface area (Å²) in [5.74, 6) is 0.712. The number of hydrogen-bond acceptors (Lipinski definition) is 4. The molecule has 0 saturated carbocycles. The van der Waals surface area contributed by atoms with Gasteiger partial charge in [-0.25, -0.2) is 0 Å². The molecule has 1 aliphatic rings. The Balaban J connectivity index is 0.00000288. The van der Waals surface area contributed by atoms with Gasteiger partial charge in [-0.1, -0.05) is 25.1 Å². The Morgan fingerprint density at radius 3 is 2.67 bits per heavy atom. The van der Waals surface area contributed by atoms with Crippen molar-refractivity contribution < 1.29 is 14.3 Å². The number of ether oxygens (including phenoxy) is 2. The molecule has 1 amide bonds. The minimum Gasteiger partial charge on any atom is -0.483 e. The molecule has 6 heteroatoms. The number of aryl methyl sites for hydroxylation is 1. The molecule has 24 heavy (non-hydrogen) atoms. The molecular formula is C18H29ClN2O3. The minimum absolute atomic E-state index is 0. The Kier molecular flexibility index (Phi) is 9.11. The molecule has 1 aliphatic heterocycles. The van der Waals surface area contributed by atoms with E-state index < -0.39 is 0 Å². The van der Waals surface area contributed by atoms with Gasteiger partial charge in [-0.05, 0) is 44.0 Å². The number of carbonyl (C=O) groups is 1. The van der Waals surface area contributed by atoms with Gasteiger partial charge in [-0.15, -0.1) is 12.4 Å². The normalized spacial score (nSPS) is 16.1. The zero-order chi connectivity index (χ0) is 16.5. The van der Waals surface area contributed by atoms with Crippen LogP contribution in [0.3, 0.4) is 0 Å². The molecule has 1 aromatic rings. The number of amides is 1. The Hall–Kier alpha value is -1.30. The van der Waals surface area contributed by atoms with Crippen LogP contribution >= 0.6 is 12.4 Å². The predicted molar refractivity (Wildman–Crippen MR) is 98.0 cm³/mol. The average molecular weight is 357 g/mol. The van der Waals surface area contributed by atoms with E-state index in [1.54, 1.807) is 7.11 Å². The second kappa shape index (κ2) is 10.5. The summed E-state index contributed by atoms with van der Waals surface area (Å²) in [5, 5.41) is 6.37. The lowest BCUT2D eigenvalue weighted by Gasteiger charge is -2.37. The minimum atomic E-state index is -0.0788. The first-order chi connectivity index (χ1) is 11.2. The van der Waals surface area contributed by atoms with Crippen molar-refractivity contribution in [3.05, 3.63) is 29.8 Å². The molecule has 1 aromatic carbocycles. The molecule has 5 nitrogen and oxygen atoms in total. The number of piperidine rings is 1. The van der Waals surface area contributed by atoms with Gasteiger partial charge in [0.05, 0.1) is 6.61 Å². The molecule has 136 valence electrons. The summed E-state index contributed by atoms with van der Waals surface area (Å²) in [6.45, 7) is 5.39. The van der Waals surface area contributed by atoms with E-state index in [1.165, 1.54) is 0 Å². The van der Waals surface area contributed by atoms with Crippen molar-refractivity contribution in [3.63, 3.8) is 0 Å².